The molecule has 4 nitrogen and oxygen atoms in total. The van der Waals surface area contributed by atoms with E-state index in [1.165, 1.54) is 0 Å². The Kier molecular flexibility index (Phi) is 4.14. The number of aromatic nitrogens is 1. The van der Waals surface area contributed by atoms with Gasteiger partial charge >= 0.3 is 7.12 Å². The van der Waals surface area contributed by atoms with Gasteiger partial charge in [-0.3, -0.25) is 0 Å². The first-order valence-electron chi connectivity index (χ1n) is 6.78. The van der Waals surface area contributed by atoms with Gasteiger partial charge in [-0.05, 0) is 50.0 Å². The molecular formula is C13H21BBrNO3. The van der Waals surface area contributed by atoms with E-state index in [0.29, 0.717) is 4.60 Å². The monoisotopic (exact) mass is 329 g/mol. The van der Waals surface area contributed by atoms with E-state index in [0.717, 1.165) is 30.5 Å². The minimum atomic E-state index is -0.419. The van der Waals surface area contributed by atoms with Gasteiger partial charge in [-0.25, -0.2) is 0 Å². The second-order valence-corrected chi connectivity index (χ2v) is 6.75. The van der Waals surface area contributed by atoms with Crippen molar-refractivity contribution in [2.75, 3.05) is 0 Å². The number of hydrogen-bond donors (Lipinski definition) is 0. The van der Waals surface area contributed by atoms with Crippen molar-refractivity contribution in [1.82, 2.24) is 5.16 Å². The molecule has 2 rings (SSSR count). The van der Waals surface area contributed by atoms with Crippen LogP contribution in [0, 0.1) is 0 Å². The summed E-state index contributed by atoms with van der Waals surface area (Å²) >= 11 is 3.43. The Morgan fingerprint density at radius 3 is 2.26 bits per heavy atom. The summed E-state index contributed by atoms with van der Waals surface area (Å²) in [6, 6.07) is 0. The van der Waals surface area contributed by atoms with E-state index < -0.39 is 7.12 Å². The highest BCUT2D eigenvalue weighted by atomic mass is 79.9. The first-order chi connectivity index (χ1) is 8.78. The van der Waals surface area contributed by atoms with E-state index >= 15 is 0 Å². The highest BCUT2D eigenvalue weighted by Gasteiger charge is 2.53. The van der Waals surface area contributed by atoms with Gasteiger partial charge in [0, 0.05) is 6.42 Å². The Morgan fingerprint density at radius 2 is 1.74 bits per heavy atom. The highest BCUT2D eigenvalue weighted by molar-refractivity contribution is 9.10. The molecule has 0 saturated carbocycles. The second kappa shape index (κ2) is 5.22. The van der Waals surface area contributed by atoms with E-state index in [9.17, 15) is 0 Å². The van der Waals surface area contributed by atoms with Gasteiger partial charge in [-0.1, -0.05) is 18.5 Å². The lowest BCUT2D eigenvalue weighted by Crippen LogP contribution is -2.41. The number of rotatable bonds is 4. The normalized spacial score (nSPS) is 21.1. The van der Waals surface area contributed by atoms with Gasteiger partial charge in [0.25, 0.3) is 0 Å². The Balaban J connectivity index is 2.26. The zero-order valence-electron chi connectivity index (χ0n) is 12.2. The van der Waals surface area contributed by atoms with Crippen molar-refractivity contribution in [2.45, 2.75) is 65.1 Å². The van der Waals surface area contributed by atoms with E-state index in [1.807, 2.05) is 27.7 Å². The maximum absolute atomic E-state index is 6.06. The second-order valence-electron chi connectivity index (χ2n) is 6.00. The topological polar surface area (TPSA) is 44.5 Å². The Hall–Kier alpha value is -0.325. The molecule has 0 aliphatic carbocycles. The fraction of sp³-hybridized carbons (Fsp3) is 0.769. The fourth-order valence-corrected chi connectivity index (χ4v) is 2.50. The van der Waals surface area contributed by atoms with Gasteiger partial charge in [0.2, 0.25) is 0 Å². The average molecular weight is 330 g/mol. The number of halogens is 1. The summed E-state index contributed by atoms with van der Waals surface area (Å²) in [6.07, 6.45) is 3.03. The van der Waals surface area contributed by atoms with Gasteiger partial charge in [0.05, 0.1) is 16.7 Å². The summed E-state index contributed by atoms with van der Waals surface area (Å²) in [5, 5.41) is 3.99. The minimum Gasteiger partial charge on any atom is -0.399 e. The highest BCUT2D eigenvalue weighted by Crippen LogP contribution is 2.37. The van der Waals surface area contributed by atoms with Crippen LogP contribution in [0.15, 0.2) is 9.13 Å². The molecular weight excluding hydrogens is 309 g/mol. The largest absolute Gasteiger partial charge is 0.501 e. The lowest BCUT2D eigenvalue weighted by atomic mass is 9.79. The third-order valence-corrected chi connectivity index (χ3v) is 4.58. The summed E-state index contributed by atoms with van der Waals surface area (Å²) in [4.78, 5) is 0. The molecule has 1 saturated heterocycles. The molecule has 1 aliphatic rings. The molecule has 0 spiro atoms. The molecule has 0 unspecified atom stereocenters. The summed E-state index contributed by atoms with van der Waals surface area (Å²) in [7, 11) is -0.419. The maximum Gasteiger partial charge on any atom is 0.501 e. The Labute approximate surface area is 123 Å². The molecule has 0 N–H and O–H groups in total. The summed E-state index contributed by atoms with van der Waals surface area (Å²) in [5.41, 5.74) is 0.194. The number of aryl methyl sites for hydroxylation is 1. The molecule has 19 heavy (non-hydrogen) atoms. The van der Waals surface area contributed by atoms with Gasteiger partial charge in [-0.2, -0.15) is 0 Å². The summed E-state index contributed by atoms with van der Waals surface area (Å²) < 4.78 is 18.2. The van der Waals surface area contributed by atoms with E-state index in [2.05, 4.69) is 28.0 Å². The minimum absolute atomic E-state index is 0.351. The van der Waals surface area contributed by atoms with Gasteiger partial charge in [0.1, 0.15) is 10.4 Å². The van der Waals surface area contributed by atoms with Crippen LogP contribution in [-0.4, -0.2) is 23.5 Å². The molecule has 1 fully saturated rings. The average Bonchev–Trinajstić information content (AvgIpc) is 2.74. The van der Waals surface area contributed by atoms with Gasteiger partial charge in [0.15, 0.2) is 0 Å². The van der Waals surface area contributed by atoms with Crippen LogP contribution in [0.1, 0.15) is 53.2 Å². The molecule has 0 radical (unpaired) electrons. The molecule has 0 aromatic carbocycles. The first-order valence-corrected chi connectivity index (χ1v) is 7.57. The zero-order chi connectivity index (χ0) is 14.3. The van der Waals surface area contributed by atoms with Crippen LogP contribution in [-0.2, 0) is 15.7 Å². The predicted molar refractivity (Wildman–Crippen MR) is 78.5 cm³/mol. The van der Waals surface area contributed by atoms with Gasteiger partial charge in [-0.15, -0.1) is 0 Å². The van der Waals surface area contributed by atoms with E-state index in [-0.39, 0.29) is 11.2 Å². The summed E-state index contributed by atoms with van der Waals surface area (Å²) in [6.45, 7) is 10.3. The van der Waals surface area contributed by atoms with Crippen molar-refractivity contribution in [3.63, 3.8) is 0 Å². The van der Waals surface area contributed by atoms with Crippen molar-refractivity contribution in [1.29, 1.82) is 0 Å². The fourth-order valence-electron chi connectivity index (χ4n) is 2.02. The molecule has 0 bridgehead atoms. The molecule has 0 atom stereocenters. The van der Waals surface area contributed by atoms with Crippen LogP contribution in [0.3, 0.4) is 0 Å². The molecule has 0 amide bonds. The van der Waals surface area contributed by atoms with Crippen LogP contribution < -0.4 is 5.46 Å². The van der Waals surface area contributed by atoms with Crippen molar-refractivity contribution < 1.29 is 13.8 Å². The standard InChI is InChI=1S/C13H21BBrNO3/c1-6-7-8-9-10(11(15)16-17-9)14-18-12(2,3)13(4,5)19-14/h6-8H2,1-5H3. The third-order valence-electron chi connectivity index (χ3n) is 4.00. The maximum atomic E-state index is 6.06. The van der Waals surface area contributed by atoms with Crippen LogP contribution in [0.2, 0.25) is 0 Å². The predicted octanol–water partition coefficient (Wildman–Crippen LogP) is 3.08. The lowest BCUT2D eigenvalue weighted by molar-refractivity contribution is 0.00578. The molecule has 1 aliphatic heterocycles. The Morgan fingerprint density at radius 1 is 1.16 bits per heavy atom. The summed E-state index contributed by atoms with van der Waals surface area (Å²) in [5.74, 6) is 0.854. The van der Waals surface area contributed by atoms with E-state index in [1.54, 1.807) is 0 Å². The van der Waals surface area contributed by atoms with Crippen molar-refractivity contribution in [3.8, 4) is 0 Å². The molecule has 2 heterocycles. The third kappa shape index (κ3) is 2.76. The van der Waals surface area contributed by atoms with Crippen molar-refractivity contribution in [2.24, 2.45) is 0 Å². The smallest absolute Gasteiger partial charge is 0.399 e. The number of nitrogens with zero attached hydrogens (tertiary/aromatic N) is 1. The molecule has 6 heteroatoms. The molecule has 1 aromatic heterocycles. The quantitative estimate of drug-likeness (QED) is 0.796. The molecule has 106 valence electrons. The van der Waals surface area contributed by atoms with Crippen molar-refractivity contribution in [3.05, 3.63) is 10.4 Å². The van der Waals surface area contributed by atoms with Crippen LogP contribution in [0.5, 0.6) is 0 Å². The molecule has 1 aromatic rings. The first kappa shape index (κ1) is 15.1. The van der Waals surface area contributed by atoms with Crippen molar-refractivity contribution >= 4 is 28.5 Å². The van der Waals surface area contributed by atoms with Gasteiger partial charge < -0.3 is 13.8 Å². The SMILES string of the molecule is CCCCc1onc(Br)c1B1OC(C)(C)C(C)(C)O1. The Bertz CT molecular complexity index is 443. The van der Waals surface area contributed by atoms with Crippen LogP contribution >= 0.6 is 15.9 Å². The van der Waals surface area contributed by atoms with E-state index in [4.69, 9.17) is 13.8 Å². The van der Waals surface area contributed by atoms with Crippen LogP contribution in [0.25, 0.3) is 0 Å². The zero-order valence-corrected chi connectivity index (χ0v) is 13.8. The number of hydrogen-bond acceptors (Lipinski definition) is 4. The van der Waals surface area contributed by atoms with Crippen LogP contribution in [0.4, 0.5) is 0 Å². The lowest BCUT2D eigenvalue weighted by Gasteiger charge is -2.32. The number of unbranched alkanes of at least 4 members (excludes halogenated alkanes) is 1.